The van der Waals surface area contributed by atoms with Gasteiger partial charge in [-0.1, -0.05) is 0 Å². The standard InChI is InChI=1S/C22H29N5O3/c1-24-9-7-17(15-24)16-25(2)21(28)18-5-3-8-23-20(18)26-10-12-27(13-11-26)22(29)19-6-4-14-30-19/h3-6,8,14,17H,7,9-13,15-16H2,1-2H3. The Morgan fingerprint density at radius 3 is 2.63 bits per heavy atom. The van der Waals surface area contributed by atoms with E-state index in [2.05, 4.69) is 21.8 Å². The molecule has 0 saturated carbocycles. The summed E-state index contributed by atoms with van der Waals surface area (Å²) in [6, 6.07) is 7.06. The maximum atomic E-state index is 13.2. The highest BCUT2D eigenvalue weighted by molar-refractivity contribution is 5.99. The average Bonchev–Trinajstić information content (AvgIpc) is 3.45. The van der Waals surface area contributed by atoms with Crippen LogP contribution in [-0.4, -0.2) is 91.4 Å². The number of hydrogen-bond donors (Lipinski definition) is 0. The fourth-order valence-corrected chi connectivity index (χ4v) is 4.34. The Kier molecular flexibility index (Phi) is 6.03. The molecule has 2 saturated heterocycles. The zero-order chi connectivity index (χ0) is 21.1. The van der Waals surface area contributed by atoms with Gasteiger partial charge in [0.15, 0.2) is 5.76 Å². The lowest BCUT2D eigenvalue weighted by atomic mass is 10.1. The molecule has 4 heterocycles. The lowest BCUT2D eigenvalue weighted by Crippen LogP contribution is -2.49. The number of rotatable bonds is 5. The number of likely N-dealkylation sites (tertiary alicyclic amines) is 1. The van der Waals surface area contributed by atoms with Crippen molar-refractivity contribution in [3.63, 3.8) is 0 Å². The van der Waals surface area contributed by atoms with Crippen molar-refractivity contribution in [2.24, 2.45) is 5.92 Å². The normalized spacial score (nSPS) is 19.9. The van der Waals surface area contributed by atoms with Crippen LogP contribution in [0, 0.1) is 5.92 Å². The van der Waals surface area contributed by atoms with E-state index in [1.54, 1.807) is 23.2 Å². The van der Waals surface area contributed by atoms with Gasteiger partial charge in [-0.15, -0.1) is 0 Å². The van der Waals surface area contributed by atoms with E-state index in [1.165, 1.54) is 6.26 Å². The number of aromatic nitrogens is 1. The fourth-order valence-electron chi connectivity index (χ4n) is 4.34. The van der Waals surface area contributed by atoms with Crippen molar-refractivity contribution in [3.05, 3.63) is 48.0 Å². The zero-order valence-electron chi connectivity index (χ0n) is 17.7. The van der Waals surface area contributed by atoms with Gasteiger partial charge in [0.1, 0.15) is 5.82 Å². The molecule has 0 aromatic carbocycles. The number of hydrogen-bond acceptors (Lipinski definition) is 6. The van der Waals surface area contributed by atoms with Gasteiger partial charge < -0.3 is 24.0 Å². The number of furan rings is 1. The summed E-state index contributed by atoms with van der Waals surface area (Å²) in [6.07, 6.45) is 4.35. The second kappa shape index (κ2) is 8.87. The molecule has 1 unspecified atom stereocenters. The predicted molar refractivity (Wildman–Crippen MR) is 114 cm³/mol. The van der Waals surface area contributed by atoms with Gasteiger partial charge in [0.05, 0.1) is 11.8 Å². The summed E-state index contributed by atoms with van der Waals surface area (Å²) in [6.45, 7) is 5.25. The molecule has 2 fully saturated rings. The number of nitrogens with zero attached hydrogens (tertiary/aromatic N) is 5. The minimum Gasteiger partial charge on any atom is -0.459 e. The summed E-state index contributed by atoms with van der Waals surface area (Å²) in [5, 5.41) is 0. The van der Waals surface area contributed by atoms with Crippen LogP contribution >= 0.6 is 0 Å². The third kappa shape index (κ3) is 4.33. The number of carbonyl (C=O) groups excluding carboxylic acids is 2. The lowest BCUT2D eigenvalue weighted by Gasteiger charge is -2.36. The third-order valence-electron chi connectivity index (χ3n) is 5.98. The van der Waals surface area contributed by atoms with Crippen molar-refractivity contribution in [3.8, 4) is 0 Å². The summed E-state index contributed by atoms with van der Waals surface area (Å²) >= 11 is 0. The molecular formula is C22H29N5O3. The molecule has 2 aliphatic rings. The summed E-state index contributed by atoms with van der Waals surface area (Å²) in [5.41, 5.74) is 0.622. The van der Waals surface area contributed by atoms with Crippen molar-refractivity contribution >= 4 is 17.6 Å². The molecule has 8 heteroatoms. The van der Waals surface area contributed by atoms with Gasteiger partial charge in [-0.2, -0.15) is 0 Å². The molecule has 0 aliphatic carbocycles. The largest absolute Gasteiger partial charge is 0.459 e. The van der Waals surface area contributed by atoms with Crippen LogP contribution in [0.25, 0.3) is 0 Å². The number of carbonyl (C=O) groups is 2. The third-order valence-corrected chi connectivity index (χ3v) is 5.98. The second-order valence-electron chi connectivity index (χ2n) is 8.23. The molecule has 4 rings (SSSR count). The molecule has 0 N–H and O–H groups in total. The van der Waals surface area contributed by atoms with Crippen molar-refractivity contribution < 1.29 is 14.0 Å². The Labute approximate surface area is 177 Å². The first kappa shape index (κ1) is 20.4. The van der Waals surface area contributed by atoms with Gasteiger partial charge in [-0.3, -0.25) is 9.59 Å². The lowest BCUT2D eigenvalue weighted by molar-refractivity contribution is 0.0711. The van der Waals surface area contributed by atoms with Crippen LogP contribution in [0.5, 0.6) is 0 Å². The van der Waals surface area contributed by atoms with Gasteiger partial charge in [-0.05, 0) is 50.2 Å². The van der Waals surface area contributed by atoms with E-state index in [0.717, 1.165) is 26.1 Å². The highest BCUT2D eigenvalue weighted by Crippen LogP contribution is 2.22. The van der Waals surface area contributed by atoms with E-state index < -0.39 is 0 Å². The summed E-state index contributed by atoms with van der Waals surface area (Å²) in [5.74, 6) is 1.47. The Bertz CT molecular complexity index is 877. The van der Waals surface area contributed by atoms with E-state index >= 15 is 0 Å². The molecule has 8 nitrogen and oxygen atoms in total. The van der Waals surface area contributed by atoms with Crippen molar-refractivity contribution in [2.45, 2.75) is 6.42 Å². The first-order valence-electron chi connectivity index (χ1n) is 10.5. The number of piperazine rings is 1. The van der Waals surface area contributed by atoms with Crippen molar-refractivity contribution in [2.75, 3.05) is 64.8 Å². The molecule has 0 spiro atoms. The maximum Gasteiger partial charge on any atom is 0.289 e. The van der Waals surface area contributed by atoms with Gasteiger partial charge in [0, 0.05) is 52.5 Å². The molecule has 2 aromatic heterocycles. The first-order chi connectivity index (χ1) is 14.5. The van der Waals surface area contributed by atoms with Crippen LogP contribution in [0.1, 0.15) is 27.3 Å². The molecule has 160 valence electrons. The molecule has 0 bridgehead atoms. The Morgan fingerprint density at radius 1 is 1.17 bits per heavy atom. The molecule has 0 radical (unpaired) electrons. The molecule has 2 amide bonds. The van der Waals surface area contributed by atoms with Crippen LogP contribution < -0.4 is 4.90 Å². The highest BCUT2D eigenvalue weighted by Gasteiger charge is 2.28. The van der Waals surface area contributed by atoms with Gasteiger partial charge in [0.2, 0.25) is 0 Å². The highest BCUT2D eigenvalue weighted by atomic mass is 16.3. The Balaban J connectivity index is 1.41. The SMILES string of the molecule is CN1CCC(CN(C)C(=O)c2cccnc2N2CCN(C(=O)c3ccco3)CC2)C1. The Hall–Kier alpha value is -2.87. The average molecular weight is 412 g/mol. The number of amides is 2. The van der Waals surface area contributed by atoms with Crippen molar-refractivity contribution in [1.29, 1.82) is 0 Å². The van der Waals surface area contributed by atoms with Crippen LogP contribution in [0.3, 0.4) is 0 Å². The quantitative estimate of drug-likeness (QED) is 0.745. The van der Waals surface area contributed by atoms with E-state index in [0.29, 0.717) is 49.2 Å². The first-order valence-corrected chi connectivity index (χ1v) is 10.5. The van der Waals surface area contributed by atoms with Gasteiger partial charge in [0.25, 0.3) is 11.8 Å². The van der Waals surface area contributed by atoms with E-state index in [4.69, 9.17) is 4.42 Å². The molecule has 2 aromatic rings. The zero-order valence-corrected chi connectivity index (χ0v) is 17.7. The monoisotopic (exact) mass is 411 g/mol. The summed E-state index contributed by atoms with van der Waals surface area (Å²) < 4.78 is 5.23. The van der Waals surface area contributed by atoms with E-state index in [1.807, 2.05) is 24.1 Å². The topological polar surface area (TPSA) is 73.1 Å². The molecule has 2 aliphatic heterocycles. The molecule has 30 heavy (non-hydrogen) atoms. The van der Waals surface area contributed by atoms with Crippen LogP contribution in [0.15, 0.2) is 41.1 Å². The predicted octanol–water partition coefficient (Wildman–Crippen LogP) is 1.66. The molecule has 1 atom stereocenters. The van der Waals surface area contributed by atoms with Crippen LogP contribution in [-0.2, 0) is 0 Å². The molecular weight excluding hydrogens is 382 g/mol. The summed E-state index contributed by atoms with van der Waals surface area (Å²) in [7, 11) is 3.99. The van der Waals surface area contributed by atoms with Gasteiger partial charge in [-0.25, -0.2) is 4.98 Å². The van der Waals surface area contributed by atoms with E-state index in [9.17, 15) is 9.59 Å². The Morgan fingerprint density at radius 2 is 1.97 bits per heavy atom. The number of pyridine rings is 1. The van der Waals surface area contributed by atoms with Crippen LogP contribution in [0.4, 0.5) is 5.82 Å². The minimum absolute atomic E-state index is 0.00162. The fraction of sp³-hybridized carbons (Fsp3) is 0.500. The second-order valence-corrected chi connectivity index (χ2v) is 8.23. The van der Waals surface area contributed by atoms with Crippen molar-refractivity contribution in [1.82, 2.24) is 19.7 Å². The van der Waals surface area contributed by atoms with Crippen LogP contribution in [0.2, 0.25) is 0 Å². The summed E-state index contributed by atoms with van der Waals surface area (Å²) in [4.78, 5) is 38.2. The van der Waals surface area contributed by atoms with E-state index in [-0.39, 0.29) is 11.8 Å². The smallest absolute Gasteiger partial charge is 0.289 e. The maximum absolute atomic E-state index is 13.2. The van der Waals surface area contributed by atoms with Gasteiger partial charge >= 0.3 is 0 Å². The minimum atomic E-state index is -0.0989. The number of anilines is 1.